The molecular formula is C12H7ClF3NO. The van der Waals surface area contributed by atoms with Crippen LogP contribution in [0.2, 0.25) is 5.15 Å². The van der Waals surface area contributed by atoms with Crippen LogP contribution >= 0.6 is 11.6 Å². The fourth-order valence-electron chi connectivity index (χ4n) is 1.45. The van der Waals surface area contributed by atoms with E-state index in [2.05, 4.69) is 9.72 Å². The van der Waals surface area contributed by atoms with E-state index in [0.29, 0.717) is 5.56 Å². The highest BCUT2D eigenvalue weighted by Gasteiger charge is 2.08. The predicted molar refractivity (Wildman–Crippen MR) is 61.3 cm³/mol. The van der Waals surface area contributed by atoms with E-state index < -0.39 is 12.4 Å². The number of ether oxygens (including phenoxy) is 1. The Kier molecular flexibility index (Phi) is 3.72. The molecule has 0 aliphatic rings. The largest absolute Gasteiger partial charge is 0.435 e. The van der Waals surface area contributed by atoms with Gasteiger partial charge in [-0.2, -0.15) is 8.78 Å². The average molecular weight is 274 g/mol. The van der Waals surface area contributed by atoms with Crippen molar-refractivity contribution >= 4 is 11.6 Å². The Morgan fingerprint density at radius 3 is 2.44 bits per heavy atom. The van der Waals surface area contributed by atoms with Gasteiger partial charge in [-0.1, -0.05) is 23.7 Å². The molecule has 6 heteroatoms. The molecule has 1 aromatic carbocycles. The Labute approximate surface area is 106 Å². The molecule has 1 heterocycles. The summed E-state index contributed by atoms with van der Waals surface area (Å²) in [6.45, 7) is -2.89. The fourth-order valence-corrected chi connectivity index (χ4v) is 1.61. The maximum Gasteiger partial charge on any atom is 0.387 e. The van der Waals surface area contributed by atoms with E-state index in [-0.39, 0.29) is 16.5 Å². The lowest BCUT2D eigenvalue weighted by Gasteiger charge is -2.06. The Balaban J connectivity index is 2.31. The van der Waals surface area contributed by atoms with Crippen LogP contribution in [-0.4, -0.2) is 11.6 Å². The minimum atomic E-state index is -2.89. The second-order valence-electron chi connectivity index (χ2n) is 3.39. The molecule has 0 N–H and O–H groups in total. The number of hydrogen-bond acceptors (Lipinski definition) is 2. The van der Waals surface area contributed by atoms with E-state index in [9.17, 15) is 13.2 Å². The van der Waals surface area contributed by atoms with Crippen LogP contribution in [0.3, 0.4) is 0 Å². The third-order valence-corrected chi connectivity index (χ3v) is 2.42. The molecule has 0 spiro atoms. The van der Waals surface area contributed by atoms with E-state index in [1.54, 1.807) is 0 Å². The second kappa shape index (κ2) is 5.27. The Bertz CT molecular complexity index is 546. The van der Waals surface area contributed by atoms with Crippen LogP contribution in [-0.2, 0) is 0 Å². The van der Waals surface area contributed by atoms with Gasteiger partial charge >= 0.3 is 6.61 Å². The highest BCUT2D eigenvalue weighted by molar-refractivity contribution is 6.29. The molecule has 0 atom stereocenters. The Hall–Kier alpha value is -1.75. The van der Waals surface area contributed by atoms with Crippen molar-refractivity contribution in [1.82, 2.24) is 4.98 Å². The minimum Gasteiger partial charge on any atom is -0.435 e. The number of nitrogens with zero attached hydrogens (tertiary/aromatic N) is 1. The predicted octanol–water partition coefficient (Wildman–Crippen LogP) is 4.14. The van der Waals surface area contributed by atoms with Gasteiger partial charge in [0.15, 0.2) is 0 Å². The lowest BCUT2D eigenvalue weighted by molar-refractivity contribution is -0.0498. The summed E-state index contributed by atoms with van der Waals surface area (Å²) in [6.07, 6.45) is 1.00. The van der Waals surface area contributed by atoms with E-state index >= 15 is 0 Å². The topological polar surface area (TPSA) is 22.1 Å². The Morgan fingerprint density at radius 1 is 1.17 bits per heavy atom. The first kappa shape index (κ1) is 12.7. The number of rotatable bonds is 3. The van der Waals surface area contributed by atoms with Gasteiger partial charge in [-0.15, -0.1) is 0 Å². The third-order valence-electron chi connectivity index (χ3n) is 2.21. The summed E-state index contributed by atoms with van der Waals surface area (Å²) in [5, 5.41) is 0.152. The van der Waals surface area contributed by atoms with Crippen LogP contribution in [0.4, 0.5) is 13.2 Å². The summed E-state index contributed by atoms with van der Waals surface area (Å²) in [6, 6.07) is 6.95. The van der Waals surface area contributed by atoms with Crippen molar-refractivity contribution in [3.05, 3.63) is 47.5 Å². The lowest BCUT2D eigenvalue weighted by Crippen LogP contribution is -2.01. The number of halogens is 4. The SMILES string of the molecule is Fc1cnc(Cl)cc1-c1ccc(OC(F)F)cc1. The fraction of sp³-hybridized carbons (Fsp3) is 0.0833. The van der Waals surface area contributed by atoms with Gasteiger partial charge in [-0.05, 0) is 23.8 Å². The molecule has 0 fully saturated rings. The third kappa shape index (κ3) is 2.92. The van der Waals surface area contributed by atoms with Gasteiger partial charge in [-0.3, -0.25) is 0 Å². The van der Waals surface area contributed by atoms with Crippen molar-refractivity contribution in [3.8, 4) is 16.9 Å². The van der Waals surface area contributed by atoms with E-state index in [1.165, 1.54) is 30.3 Å². The van der Waals surface area contributed by atoms with Gasteiger partial charge in [0.25, 0.3) is 0 Å². The molecule has 94 valence electrons. The molecule has 0 saturated heterocycles. The number of alkyl halides is 2. The van der Waals surface area contributed by atoms with Crippen molar-refractivity contribution in [2.24, 2.45) is 0 Å². The first-order valence-electron chi connectivity index (χ1n) is 4.92. The monoisotopic (exact) mass is 273 g/mol. The maximum absolute atomic E-state index is 13.5. The zero-order valence-electron chi connectivity index (χ0n) is 8.91. The molecule has 2 rings (SSSR count). The van der Waals surface area contributed by atoms with Crippen LogP contribution in [0.1, 0.15) is 0 Å². The normalized spacial score (nSPS) is 10.7. The van der Waals surface area contributed by atoms with Gasteiger partial charge in [0.05, 0.1) is 6.20 Å². The summed E-state index contributed by atoms with van der Waals surface area (Å²) >= 11 is 5.67. The molecule has 0 unspecified atom stereocenters. The molecule has 0 radical (unpaired) electrons. The summed E-state index contributed by atoms with van der Waals surface area (Å²) in [5.74, 6) is -0.531. The van der Waals surface area contributed by atoms with Crippen molar-refractivity contribution in [2.45, 2.75) is 6.61 Å². The number of pyridine rings is 1. The van der Waals surface area contributed by atoms with E-state index in [0.717, 1.165) is 6.20 Å². The summed E-state index contributed by atoms with van der Waals surface area (Å²) in [4.78, 5) is 3.59. The van der Waals surface area contributed by atoms with Crippen molar-refractivity contribution in [3.63, 3.8) is 0 Å². The van der Waals surface area contributed by atoms with E-state index in [4.69, 9.17) is 11.6 Å². The molecule has 0 bridgehead atoms. The number of hydrogen-bond donors (Lipinski definition) is 0. The summed E-state index contributed by atoms with van der Waals surface area (Å²) in [7, 11) is 0. The van der Waals surface area contributed by atoms with Crippen LogP contribution in [0, 0.1) is 5.82 Å². The van der Waals surface area contributed by atoms with Gasteiger partial charge in [0.1, 0.15) is 16.7 Å². The zero-order chi connectivity index (χ0) is 13.1. The van der Waals surface area contributed by atoms with Gasteiger partial charge < -0.3 is 4.74 Å². The first-order valence-corrected chi connectivity index (χ1v) is 5.30. The smallest absolute Gasteiger partial charge is 0.387 e. The quantitative estimate of drug-likeness (QED) is 0.784. The molecule has 1 aromatic heterocycles. The number of aromatic nitrogens is 1. The molecular weight excluding hydrogens is 267 g/mol. The number of benzene rings is 1. The van der Waals surface area contributed by atoms with Gasteiger partial charge in [0.2, 0.25) is 0 Å². The van der Waals surface area contributed by atoms with Crippen molar-refractivity contribution < 1.29 is 17.9 Å². The first-order chi connectivity index (χ1) is 8.56. The molecule has 0 amide bonds. The van der Waals surface area contributed by atoms with Crippen LogP contribution < -0.4 is 4.74 Å². The van der Waals surface area contributed by atoms with Crippen molar-refractivity contribution in [1.29, 1.82) is 0 Å². The van der Waals surface area contributed by atoms with Gasteiger partial charge in [-0.25, -0.2) is 9.37 Å². The standard InChI is InChI=1S/C12H7ClF3NO/c13-11-5-9(10(14)6-17-11)7-1-3-8(4-2-7)18-12(15)16/h1-6,12H. The highest BCUT2D eigenvalue weighted by atomic mass is 35.5. The molecule has 2 aromatic rings. The highest BCUT2D eigenvalue weighted by Crippen LogP contribution is 2.26. The van der Waals surface area contributed by atoms with Crippen molar-refractivity contribution in [2.75, 3.05) is 0 Å². The minimum absolute atomic E-state index is 0.00862. The molecule has 18 heavy (non-hydrogen) atoms. The summed E-state index contributed by atoms with van der Waals surface area (Å²) in [5.41, 5.74) is 0.747. The van der Waals surface area contributed by atoms with Crippen LogP contribution in [0.5, 0.6) is 5.75 Å². The van der Waals surface area contributed by atoms with Crippen LogP contribution in [0.25, 0.3) is 11.1 Å². The molecule has 0 aliphatic heterocycles. The molecule has 2 nitrogen and oxygen atoms in total. The van der Waals surface area contributed by atoms with Gasteiger partial charge in [0, 0.05) is 5.56 Å². The van der Waals surface area contributed by atoms with Crippen LogP contribution in [0.15, 0.2) is 36.5 Å². The van der Waals surface area contributed by atoms with E-state index in [1.807, 2.05) is 0 Å². The molecule has 0 saturated carbocycles. The summed E-state index contributed by atoms with van der Waals surface area (Å²) < 4.78 is 41.6. The molecule has 0 aliphatic carbocycles. The lowest BCUT2D eigenvalue weighted by atomic mass is 10.1. The maximum atomic E-state index is 13.5. The zero-order valence-corrected chi connectivity index (χ0v) is 9.66. The second-order valence-corrected chi connectivity index (χ2v) is 3.78. The Morgan fingerprint density at radius 2 is 1.83 bits per heavy atom. The average Bonchev–Trinajstić information content (AvgIpc) is 2.33.